The molecule has 1 saturated heterocycles. The number of carbonyl (C=O) groups excluding carboxylic acids is 2. The molecule has 1 aliphatic carbocycles. The van der Waals surface area contributed by atoms with Crippen LogP contribution in [0.2, 0.25) is 0 Å². The van der Waals surface area contributed by atoms with Gasteiger partial charge in [-0.2, -0.15) is 0 Å². The first-order chi connectivity index (χ1) is 9.22. The van der Waals surface area contributed by atoms with E-state index in [1.165, 1.54) is 4.90 Å². The molecule has 1 heterocycles. The Kier molecular flexibility index (Phi) is 3.19. The number of nitrogens with zero attached hydrogens (tertiary/aromatic N) is 1. The largest absolute Gasteiger partial charge is 0.274 e. The first kappa shape index (κ1) is 12.5. The molecule has 0 spiro atoms. The number of benzene rings is 1. The van der Waals surface area contributed by atoms with Gasteiger partial charge in [0.1, 0.15) is 0 Å². The van der Waals surface area contributed by atoms with Gasteiger partial charge in [0.2, 0.25) is 11.8 Å². The Bertz CT molecular complexity index is 541. The van der Waals surface area contributed by atoms with E-state index in [4.69, 9.17) is 0 Å². The fourth-order valence-corrected chi connectivity index (χ4v) is 3.26. The predicted octanol–water partition coefficient (Wildman–Crippen LogP) is 2.86. The Morgan fingerprint density at radius 2 is 1.74 bits per heavy atom. The van der Waals surface area contributed by atoms with Gasteiger partial charge in [-0.15, -0.1) is 11.8 Å². The van der Waals surface area contributed by atoms with E-state index >= 15 is 0 Å². The molecule has 1 aliphatic heterocycles. The van der Waals surface area contributed by atoms with Gasteiger partial charge in [0.25, 0.3) is 0 Å². The maximum atomic E-state index is 12.4. The van der Waals surface area contributed by atoms with Gasteiger partial charge >= 0.3 is 0 Å². The van der Waals surface area contributed by atoms with Crippen molar-refractivity contribution in [3.63, 3.8) is 0 Å². The average Bonchev–Trinajstić information content (AvgIpc) is 2.72. The second-order valence-corrected chi connectivity index (χ2v) is 5.75. The number of allylic oxidation sites excluding steroid dienone is 2. The molecule has 0 bridgehead atoms. The van der Waals surface area contributed by atoms with Gasteiger partial charge in [-0.3, -0.25) is 9.59 Å². The lowest BCUT2D eigenvalue weighted by Gasteiger charge is -2.15. The zero-order chi connectivity index (χ0) is 13.4. The summed E-state index contributed by atoms with van der Waals surface area (Å²) in [6.45, 7) is 0. The van der Waals surface area contributed by atoms with Crippen LogP contribution in [-0.2, 0) is 9.59 Å². The number of hydrogen-bond acceptors (Lipinski definition) is 3. The summed E-state index contributed by atoms with van der Waals surface area (Å²) in [6, 6.07) is 7.61. The van der Waals surface area contributed by atoms with E-state index in [1.807, 2.05) is 42.7 Å². The Labute approximate surface area is 116 Å². The lowest BCUT2D eigenvalue weighted by molar-refractivity contribution is -0.122. The minimum Gasteiger partial charge on any atom is -0.274 e. The third-order valence-corrected chi connectivity index (χ3v) is 4.54. The van der Waals surface area contributed by atoms with Crippen LogP contribution in [0.1, 0.15) is 12.8 Å². The fourth-order valence-electron chi connectivity index (χ4n) is 2.80. The molecule has 19 heavy (non-hydrogen) atoms. The van der Waals surface area contributed by atoms with Crippen molar-refractivity contribution in [2.24, 2.45) is 11.8 Å². The van der Waals surface area contributed by atoms with Crippen molar-refractivity contribution < 1.29 is 9.59 Å². The molecule has 0 N–H and O–H groups in total. The highest BCUT2D eigenvalue weighted by atomic mass is 32.2. The summed E-state index contributed by atoms with van der Waals surface area (Å²) in [5, 5.41) is 0. The first-order valence-corrected chi connectivity index (χ1v) is 7.61. The van der Waals surface area contributed by atoms with Crippen LogP contribution in [0.15, 0.2) is 41.3 Å². The second-order valence-electron chi connectivity index (χ2n) is 4.87. The minimum absolute atomic E-state index is 0.0439. The number of hydrogen-bond donors (Lipinski definition) is 0. The molecule has 0 unspecified atom stereocenters. The summed E-state index contributed by atoms with van der Waals surface area (Å²) in [7, 11) is 0. The van der Waals surface area contributed by atoms with Gasteiger partial charge in [-0.05, 0) is 37.3 Å². The monoisotopic (exact) mass is 273 g/mol. The van der Waals surface area contributed by atoms with Crippen LogP contribution in [0.3, 0.4) is 0 Å². The van der Waals surface area contributed by atoms with Gasteiger partial charge in [0.15, 0.2) is 0 Å². The number of carbonyl (C=O) groups is 2. The lowest BCUT2D eigenvalue weighted by atomic mass is 9.85. The summed E-state index contributed by atoms with van der Waals surface area (Å²) >= 11 is 1.61. The van der Waals surface area contributed by atoms with Crippen molar-refractivity contribution >= 4 is 29.3 Å². The van der Waals surface area contributed by atoms with Crippen molar-refractivity contribution in [2.75, 3.05) is 11.2 Å². The molecule has 1 aromatic carbocycles. The van der Waals surface area contributed by atoms with Gasteiger partial charge < -0.3 is 0 Å². The SMILES string of the molecule is CSc1cccc(N2C(=O)[C@H]3CC=CC[C@@H]3C2=O)c1. The number of rotatable bonds is 2. The first-order valence-electron chi connectivity index (χ1n) is 6.39. The van der Waals surface area contributed by atoms with Crippen molar-refractivity contribution in [1.29, 1.82) is 0 Å². The molecule has 0 aromatic heterocycles. The number of amides is 2. The molecule has 3 rings (SSSR count). The van der Waals surface area contributed by atoms with Gasteiger partial charge in [0, 0.05) is 4.90 Å². The number of imide groups is 1. The zero-order valence-corrected chi connectivity index (χ0v) is 11.5. The number of anilines is 1. The van der Waals surface area contributed by atoms with Crippen LogP contribution in [0.25, 0.3) is 0 Å². The topological polar surface area (TPSA) is 37.4 Å². The molecular formula is C15H15NO2S. The molecule has 98 valence electrons. The summed E-state index contributed by atoms with van der Waals surface area (Å²) in [5.74, 6) is -0.402. The normalized spacial score (nSPS) is 25.8. The van der Waals surface area contributed by atoms with Crippen LogP contribution >= 0.6 is 11.8 Å². The lowest BCUT2D eigenvalue weighted by Crippen LogP contribution is -2.30. The Hall–Kier alpha value is -1.55. The van der Waals surface area contributed by atoms with Crippen LogP contribution in [0.4, 0.5) is 5.69 Å². The van der Waals surface area contributed by atoms with Gasteiger partial charge in [0.05, 0.1) is 17.5 Å². The maximum absolute atomic E-state index is 12.4. The smallest absolute Gasteiger partial charge is 0.238 e. The van der Waals surface area contributed by atoms with E-state index < -0.39 is 0 Å². The van der Waals surface area contributed by atoms with E-state index in [0.29, 0.717) is 18.5 Å². The molecule has 3 nitrogen and oxygen atoms in total. The van der Waals surface area contributed by atoms with E-state index in [9.17, 15) is 9.59 Å². The van der Waals surface area contributed by atoms with Crippen molar-refractivity contribution in [2.45, 2.75) is 17.7 Å². The van der Waals surface area contributed by atoms with Crippen molar-refractivity contribution in [3.05, 3.63) is 36.4 Å². The highest BCUT2D eigenvalue weighted by molar-refractivity contribution is 7.98. The van der Waals surface area contributed by atoms with Crippen LogP contribution in [-0.4, -0.2) is 18.1 Å². The van der Waals surface area contributed by atoms with E-state index in [0.717, 1.165) is 4.90 Å². The van der Waals surface area contributed by atoms with E-state index in [-0.39, 0.29) is 23.7 Å². The third kappa shape index (κ3) is 2.00. The predicted molar refractivity (Wildman–Crippen MR) is 76.1 cm³/mol. The summed E-state index contributed by atoms with van der Waals surface area (Å²) in [5.41, 5.74) is 0.705. The summed E-state index contributed by atoms with van der Waals surface area (Å²) in [6.07, 6.45) is 7.38. The fraction of sp³-hybridized carbons (Fsp3) is 0.333. The molecule has 1 aromatic rings. The van der Waals surface area contributed by atoms with Crippen molar-refractivity contribution in [1.82, 2.24) is 0 Å². The number of fused-ring (bicyclic) bond motifs is 1. The summed E-state index contributed by atoms with van der Waals surface area (Å²) < 4.78 is 0. The Morgan fingerprint density at radius 3 is 2.32 bits per heavy atom. The maximum Gasteiger partial charge on any atom is 0.238 e. The zero-order valence-electron chi connectivity index (χ0n) is 10.7. The van der Waals surface area contributed by atoms with E-state index in [2.05, 4.69) is 0 Å². The highest BCUT2D eigenvalue weighted by Crippen LogP contribution is 2.38. The molecular weight excluding hydrogens is 258 g/mol. The molecule has 0 saturated carbocycles. The number of thioether (sulfide) groups is 1. The Balaban J connectivity index is 1.97. The standard InChI is InChI=1S/C15H15NO2S/c1-19-11-6-4-5-10(9-11)16-14(17)12-7-2-3-8-13(12)15(16)18/h2-6,9,12-13H,7-8H2,1H3/t12-,13-/m0/s1. The van der Waals surface area contributed by atoms with Crippen LogP contribution < -0.4 is 4.90 Å². The quantitative estimate of drug-likeness (QED) is 0.472. The Morgan fingerprint density at radius 1 is 1.11 bits per heavy atom. The summed E-state index contributed by atoms with van der Waals surface area (Å²) in [4.78, 5) is 27.3. The molecule has 0 radical (unpaired) electrons. The highest BCUT2D eigenvalue weighted by Gasteiger charge is 2.47. The second kappa shape index (κ2) is 4.85. The van der Waals surface area contributed by atoms with E-state index in [1.54, 1.807) is 11.8 Å². The van der Waals surface area contributed by atoms with Crippen LogP contribution in [0.5, 0.6) is 0 Å². The molecule has 2 aliphatic rings. The molecule has 2 atom stereocenters. The minimum atomic E-state index is -0.157. The molecule has 1 fully saturated rings. The van der Waals surface area contributed by atoms with Crippen molar-refractivity contribution in [3.8, 4) is 0 Å². The van der Waals surface area contributed by atoms with Crippen LogP contribution in [0, 0.1) is 11.8 Å². The molecule has 2 amide bonds. The van der Waals surface area contributed by atoms with Gasteiger partial charge in [-0.25, -0.2) is 4.90 Å². The third-order valence-electron chi connectivity index (χ3n) is 3.82. The molecule has 4 heteroatoms. The average molecular weight is 273 g/mol. The van der Waals surface area contributed by atoms with Gasteiger partial charge in [-0.1, -0.05) is 18.2 Å².